The third kappa shape index (κ3) is 5.19. The minimum absolute atomic E-state index is 0.00785. The fraction of sp³-hybridized carbons (Fsp3) is 0.500. The van der Waals surface area contributed by atoms with Crippen molar-refractivity contribution >= 4 is 5.96 Å². The van der Waals surface area contributed by atoms with Gasteiger partial charge in [-0.15, -0.1) is 0 Å². The lowest BCUT2D eigenvalue weighted by atomic mass is 10.0. The molecule has 1 aromatic carbocycles. The number of nitrogens with one attached hydrogen (secondary N) is 1. The quantitative estimate of drug-likeness (QED) is 0.559. The maximum Gasteiger partial charge on any atom is 0.189 e. The van der Waals surface area contributed by atoms with E-state index in [0.29, 0.717) is 12.5 Å². The maximum absolute atomic E-state index is 9.39. The molecule has 0 fully saturated rings. The molecule has 0 saturated heterocycles. The van der Waals surface area contributed by atoms with Crippen molar-refractivity contribution in [3.63, 3.8) is 0 Å². The lowest BCUT2D eigenvalue weighted by Gasteiger charge is -2.21. The molecular formula is C14H23N3O. The Morgan fingerprint density at radius 3 is 2.44 bits per heavy atom. The van der Waals surface area contributed by atoms with Gasteiger partial charge in [0.05, 0.1) is 13.2 Å². The molecule has 4 nitrogen and oxygen atoms in total. The summed E-state index contributed by atoms with van der Waals surface area (Å²) in [5.74, 6) is 0.406. The summed E-state index contributed by atoms with van der Waals surface area (Å²) in [5.41, 5.74) is 6.77. The second-order valence-electron chi connectivity index (χ2n) is 5.39. The molecule has 0 saturated carbocycles. The van der Waals surface area contributed by atoms with E-state index in [9.17, 15) is 5.11 Å². The van der Waals surface area contributed by atoms with Crippen molar-refractivity contribution < 1.29 is 5.11 Å². The first-order chi connectivity index (χ1) is 8.42. The first kappa shape index (κ1) is 14.5. The number of aliphatic hydroxyl groups excluding tert-OH is 1. The molecule has 4 heteroatoms. The van der Waals surface area contributed by atoms with Gasteiger partial charge in [0.1, 0.15) is 0 Å². The smallest absolute Gasteiger partial charge is 0.189 e. The summed E-state index contributed by atoms with van der Waals surface area (Å²) in [4.78, 5) is 4.28. The first-order valence-electron chi connectivity index (χ1n) is 6.16. The molecule has 0 amide bonds. The van der Waals surface area contributed by atoms with Crippen LogP contribution in [0.25, 0.3) is 0 Å². The van der Waals surface area contributed by atoms with E-state index in [2.05, 4.69) is 10.3 Å². The van der Waals surface area contributed by atoms with Crippen LogP contribution in [0, 0.1) is 0 Å². The van der Waals surface area contributed by atoms with Gasteiger partial charge in [-0.25, -0.2) is 0 Å². The fourth-order valence-electron chi connectivity index (χ4n) is 1.63. The van der Waals surface area contributed by atoms with Crippen molar-refractivity contribution in [2.75, 3.05) is 13.2 Å². The molecule has 1 aromatic rings. The number of guanidine groups is 1. The van der Waals surface area contributed by atoms with Crippen LogP contribution in [0.4, 0.5) is 0 Å². The van der Waals surface area contributed by atoms with E-state index in [4.69, 9.17) is 5.73 Å². The minimum Gasteiger partial charge on any atom is -0.396 e. The summed E-state index contributed by atoms with van der Waals surface area (Å²) in [5, 5.41) is 12.5. The Hall–Kier alpha value is -1.55. The molecule has 0 heterocycles. The minimum atomic E-state index is -0.102. The molecular weight excluding hydrogens is 226 g/mol. The Labute approximate surface area is 109 Å². The summed E-state index contributed by atoms with van der Waals surface area (Å²) in [7, 11) is 0. The standard InChI is InChI=1S/C14H23N3O/c1-14(2,3)17-13(15)16-9-12(10-18)11-7-5-4-6-8-11/h4-8,12,18H,9-10H2,1-3H3,(H3,15,16,17). The second kappa shape index (κ2) is 6.40. The van der Waals surface area contributed by atoms with Crippen molar-refractivity contribution in [2.45, 2.75) is 32.2 Å². The largest absolute Gasteiger partial charge is 0.396 e. The number of rotatable bonds is 4. The van der Waals surface area contributed by atoms with Crippen LogP contribution in [0.1, 0.15) is 32.3 Å². The van der Waals surface area contributed by atoms with Crippen molar-refractivity contribution in [1.82, 2.24) is 5.32 Å². The average molecular weight is 249 g/mol. The number of nitrogens with zero attached hydrogens (tertiary/aromatic N) is 1. The van der Waals surface area contributed by atoms with Gasteiger partial charge >= 0.3 is 0 Å². The highest BCUT2D eigenvalue weighted by molar-refractivity contribution is 5.78. The highest BCUT2D eigenvalue weighted by Crippen LogP contribution is 2.14. The molecule has 1 rings (SSSR count). The van der Waals surface area contributed by atoms with Crippen LogP contribution in [0.3, 0.4) is 0 Å². The van der Waals surface area contributed by atoms with Gasteiger partial charge in [0, 0.05) is 11.5 Å². The van der Waals surface area contributed by atoms with Gasteiger partial charge in [0.15, 0.2) is 5.96 Å². The normalized spacial score (nSPS) is 14.3. The predicted molar refractivity (Wildman–Crippen MR) is 75.6 cm³/mol. The number of benzene rings is 1. The predicted octanol–water partition coefficient (Wildman–Crippen LogP) is 1.47. The van der Waals surface area contributed by atoms with E-state index < -0.39 is 0 Å². The molecule has 0 aliphatic rings. The topological polar surface area (TPSA) is 70.6 Å². The van der Waals surface area contributed by atoms with Crippen molar-refractivity contribution in [3.8, 4) is 0 Å². The molecule has 100 valence electrons. The van der Waals surface area contributed by atoms with Gasteiger partial charge in [-0.2, -0.15) is 0 Å². The summed E-state index contributed by atoms with van der Waals surface area (Å²) in [6, 6.07) is 9.85. The second-order valence-corrected chi connectivity index (χ2v) is 5.39. The third-order valence-electron chi connectivity index (χ3n) is 2.48. The van der Waals surface area contributed by atoms with Gasteiger partial charge in [0.25, 0.3) is 0 Å². The van der Waals surface area contributed by atoms with Crippen LogP contribution in [0.15, 0.2) is 35.3 Å². The van der Waals surface area contributed by atoms with Crippen LogP contribution in [0.2, 0.25) is 0 Å². The highest BCUT2D eigenvalue weighted by Gasteiger charge is 2.12. The van der Waals surface area contributed by atoms with Gasteiger partial charge in [-0.05, 0) is 26.3 Å². The lowest BCUT2D eigenvalue weighted by Crippen LogP contribution is -2.45. The molecule has 0 spiro atoms. The van der Waals surface area contributed by atoms with E-state index in [-0.39, 0.29) is 18.1 Å². The Kier molecular flexibility index (Phi) is 5.16. The highest BCUT2D eigenvalue weighted by atomic mass is 16.3. The molecule has 4 N–H and O–H groups in total. The van der Waals surface area contributed by atoms with Crippen LogP contribution >= 0.6 is 0 Å². The van der Waals surface area contributed by atoms with Gasteiger partial charge in [-0.1, -0.05) is 30.3 Å². The molecule has 1 unspecified atom stereocenters. The van der Waals surface area contributed by atoms with E-state index in [1.807, 2.05) is 51.1 Å². The van der Waals surface area contributed by atoms with E-state index in [1.165, 1.54) is 0 Å². The van der Waals surface area contributed by atoms with Crippen LogP contribution < -0.4 is 11.1 Å². The molecule has 0 aliphatic carbocycles. The van der Waals surface area contributed by atoms with Crippen molar-refractivity contribution in [2.24, 2.45) is 10.7 Å². The molecule has 1 atom stereocenters. The Balaban J connectivity index is 2.62. The Morgan fingerprint density at radius 1 is 1.33 bits per heavy atom. The number of aliphatic hydroxyl groups is 1. The van der Waals surface area contributed by atoms with Gasteiger partial charge < -0.3 is 16.2 Å². The van der Waals surface area contributed by atoms with E-state index in [1.54, 1.807) is 0 Å². The first-order valence-corrected chi connectivity index (χ1v) is 6.16. The van der Waals surface area contributed by atoms with Crippen LogP contribution in [-0.2, 0) is 0 Å². The lowest BCUT2D eigenvalue weighted by molar-refractivity contribution is 0.268. The zero-order valence-corrected chi connectivity index (χ0v) is 11.4. The monoisotopic (exact) mass is 249 g/mol. The maximum atomic E-state index is 9.39. The van der Waals surface area contributed by atoms with Gasteiger partial charge in [0.2, 0.25) is 0 Å². The fourth-order valence-corrected chi connectivity index (χ4v) is 1.63. The number of hydrogen-bond acceptors (Lipinski definition) is 2. The Bertz CT molecular complexity index is 382. The summed E-state index contributed by atoms with van der Waals surface area (Å²) in [6.07, 6.45) is 0. The SMILES string of the molecule is CC(C)(C)NC(N)=NCC(CO)c1ccccc1. The van der Waals surface area contributed by atoms with Crippen LogP contribution in [-0.4, -0.2) is 29.8 Å². The number of aliphatic imine (C=N–C) groups is 1. The molecule has 18 heavy (non-hydrogen) atoms. The van der Waals surface area contributed by atoms with Crippen molar-refractivity contribution in [1.29, 1.82) is 0 Å². The zero-order chi connectivity index (χ0) is 13.6. The van der Waals surface area contributed by atoms with E-state index >= 15 is 0 Å². The Morgan fingerprint density at radius 2 is 1.94 bits per heavy atom. The number of hydrogen-bond donors (Lipinski definition) is 3. The number of nitrogens with two attached hydrogens (primary N) is 1. The molecule has 0 aliphatic heterocycles. The average Bonchev–Trinajstić information content (AvgIpc) is 2.29. The van der Waals surface area contributed by atoms with E-state index in [0.717, 1.165) is 5.56 Å². The zero-order valence-electron chi connectivity index (χ0n) is 11.4. The molecule has 0 aromatic heterocycles. The summed E-state index contributed by atoms with van der Waals surface area (Å²) < 4.78 is 0. The van der Waals surface area contributed by atoms with Crippen molar-refractivity contribution in [3.05, 3.63) is 35.9 Å². The van der Waals surface area contributed by atoms with Crippen LogP contribution in [0.5, 0.6) is 0 Å². The molecule has 0 radical (unpaired) electrons. The third-order valence-corrected chi connectivity index (χ3v) is 2.48. The molecule has 0 bridgehead atoms. The van der Waals surface area contributed by atoms with Gasteiger partial charge in [-0.3, -0.25) is 4.99 Å². The summed E-state index contributed by atoms with van der Waals surface area (Å²) in [6.45, 7) is 6.62. The summed E-state index contributed by atoms with van der Waals surface area (Å²) >= 11 is 0.